The molecular weight excluding hydrogens is 228 g/mol. The van der Waals surface area contributed by atoms with Crippen molar-refractivity contribution in [2.45, 2.75) is 20.0 Å². The number of hydrogen-bond acceptors (Lipinski definition) is 3. The zero-order valence-electron chi connectivity index (χ0n) is 10.8. The lowest BCUT2D eigenvalue weighted by atomic mass is 9.97. The van der Waals surface area contributed by atoms with Crippen molar-refractivity contribution in [3.8, 4) is 0 Å². The summed E-state index contributed by atoms with van der Waals surface area (Å²) >= 11 is 0. The Kier molecular flexibility index (Phi) is 5.18. The van der Waals surface area contributed by atoms with Crippen molar-refractivity contribution in [2.75, 3.05) is 6.61 Å². The van der Waals surface area contributed by atoms with Crippen LogP contribution >= 0.6 is 0 Å². The van der Waals surface area contributed by atoms with E-state index in [1.54, 1.807) is 13.8 Å². The number of carbonyl (C=O) groups is 1. The summed E-state index contributed by atoms with van der Waals surface area (Å²) in [6, 6.07) is 9.64. The van der Waals surface area contributed by atoms with E-state index in [-0.39, 0.29) is 6.61 Å². The number of carbonyl (C=O) groups excluding carboxylic acids is 1. The molecule has 1 aromatic carbocycles. The zero-order valence-corrected chi connectivity index (χ0v) is 10.8. The lowest BCUT2D eigenvalue weighted by molar-refractivity contribution is 0.0437. The minimum atomic E-state index is -0.688. The maximum atomic E-state index is 11.2. The molecule has 0 saturated heterocycles. The zero-order chi connectivity index (χ0) is 13.5. The van der Waals surface area contributed by atoms with Gasteiger partial charge in [-0.3, -0.25) is 0 Å². The van der Waals surface area contributed by atoms with Crippen LogP contribution in [0.15, 0.2) is 49.1 Å². The van der Waals surface area contributed by atoms with Gasteiger partial charge in [0.05, 0.1) is 6.61 Å². The van der Waals surface area contributed by atoms with Crippen LogP contribution in [0.4, 0.5) is 4.79 Å². The molecule has 1 atom stereocenters. The van der Waals surface area contributed by atoms with Gasteiger partial charge in [0.15, 0.2) is 0 Å². The van der Waals surface area contributed by atoms with Gasteiger partial charge < -0.3 is 9.47 Å². The Hall–Kier alpha value is -2.03. The first kappa shape index (κ1) is 14.0. The van der Waals surface area contributed by atoms with Gasteiger partial charge in [0.25, 0.3) is 0 Å². The second-order valence-corrected chi connectivity index (χ2v) is 3.81. The van der Waals surface area contributed by atoms with Crippen LogP contribution in [0.2, 0.25) is 0 Å². The SMILES string of the molecule is C=C(C(=C)C(C)OC(=O)OCC)c1ccccc1. The molecular formula is C15H18O3. The monoisotopic (exact) mass is 246 g/mol. The molecule has 0 aliphatic heterocycles. The molecule has 0 saturated carbocycles. The van der Waals surface area contributed by atoms with Gasteiger partial charge in [0.1, 0.15) is 6.10 Å². The van der Waals surface area contributed by atoms with Crippen LogP contribution in [0, 0.1) is 0 Å². The number of ether oxygens (including phenoxy) is 2. The highest BCUT2D eigenvalue weighted by atomic mass is 16.7. The van der Waals surface area contributed by atoms with E-state index < -0.39 is 12.3 Å². The maximum Gasteiger partial charge on any atom is 0.508 e. The second kappa shape index (κ2) is 6.64. The molecule has 0 aromatic heterocycles. The molecule has 0 heterocycles. The summed E-state index contributed by atoms with van der Waals surface area (Å²) < 4.78 is 9.79. The molecule has 1 aromatic rings. The van der Waals surface area contributed by atoms with Crippen molar-refractivity contribution < 1.29 is 14.3 Å². The van der Waals surface area contributed by atoms with E-state index in [0.29, 0.717) is 5.57 Å². The van der Waals surface area contributed by atoms with Gasteiger partial charge in [0.2, 0.25) is 0 Å². The largest absolute Gasteiger partial charge is 0.508 e. The first-order valence-electron chi connectivity index (χ1n) is 5.83. The van der Waals surface area contributed by atoms with Crippen LogP contribution in [0.25, 0.3) is 5.57 Å². The molecule has 0 aliphatic carbocycles. The Balaban J connectivity index is 2.64. The van der Waals surface area contributed by atoms with E-state index >= 15 is 0 Å². The van der Waals surface area contributed by atoms with E-state index in [0.717, 1.165) is 11.1 Å². The second-order valence-electron chi connectivity index (χ2n) is 3.81. The average Bonchev–Trinajstić information content (AvgIpc) is 2.38. The maximum absolute atomic E-state index is 11.2. The molecule has 0 bridgehead atoms. The van der Waals surface area contributed by atoms with Crippen molar-refractivity contribution in [1.29, 1.82) is 0 Å². The smallest absolute Gasteiger partial charge is 0.435 e. The summed E-state index contributed by atoms with van der Waals surface area (Å²) in [5, 5.41) is 0. The summed E-state index contributed by atoms with van der Waals surface area (Å²) in [4.78, 5) is 11.2. The molecule has 0 radical (unpaired) electrons. The van der Waals surface area contributed by atoms with E-state index in [1.165, 1.54) is 0 Å². The Labute approximate surface area is 108 Å². The Morgan fingerprint density at radius 2 is 1.89 bits per heavy atom. The van der Waals surface area contributed by atoms with E-state index in [4.69, 9.17) is 9.47 Å². The third kappa shape index (κ3) is 3.77. The van der Waals surface area contributed by atoms with Gasteiger partial charge in [-0.2, -0.15) is 0 Å². The van der Waals surface area contributed by atoms with Crippen molar-refractivity contribution in [3.63, 3.8) is 0 Å². The van der Waals surface area contributed by atoms with Crippen molar-refractivity contribution >= 4 is 11.7 Å². The van der Waals surface area contributed by atoms with Gasteiger partial charge in [-0.05, 0) is 30.6 Å². The fourth-order valence-corrected chi connectivity index (χ4v) is 1.44. The predicted molar refractivity (Wildman–Crippen MR) is 72.2 cm³/mol. The lowest BCUT2D eigenvalue weighted by Crippen LogP contribution is -2.18. The van der Waals surface area contributed by atoms with Crippen LogP contribution in [0.3, 0.4) is 0 Å². The molecule has 0 fully saturated rings. The molecule has 0 amide bonds. The summed E-state index contributed by atoms with van der Waals surface area (Å²) in [5.41, 5.74) is 2.38. The van der Waals surface area contributed by atoms with Crippen LogP contribution in [0.1, 0.15) is 19.4 Å². The Bertz CT molecular complexity index is 434. The summed E-state index contributed by atoms with van der Waals surface area (Å²) in [5.74, 6) is 0. The molecule has 0 spiro atoms. The standard InChI is InChI=1S/C15H18O3/c1-5-17-15(16)18-13(4)11(2)12(3)14-9-7-6-8-10-14/h6-10,13H,2-3,5H2,1,4H3. The van der Waals surface area contributed by atoms with Crippen molar-refractivity contribution in [1.82, 2.24) is 0 Å². The van der Waals surface area contributed by atoms with E-state index in [1.807, 2.05) is 30.3 Å². The van der Waals surface area contributed by atoms with Gasteiger partial charge in [0, 0.05) is 0 Å². The van der Waals surface area contributed by atoms with Crippen LogP contribution in [-0.2, 0) is 9.47 Å². The molecule has 3 nitrogen and oxygen atoms in total. The predicted octanol–water partition coefficient (Wildman–Crippen LogP) is 3.82. The average molecular weight is 246 g/mol. The van der Waals surface area contributed by atoms with Gasteiger partial charge in [-0.25, -0.2) is 4.79 Å². The highest BCUT2D eigenvalue weighted by molar-refractivity contribution is 5.78. The number of rotatable bonds is 5. The first-order chi connectivity index (χ1) is 8.56. The van der Waals surface area contributed by atoms with Gasteiger partial charge in [-0.1, -0.05) is 43.5 Å². The quantitative estimate of drug-likeness (QED) is 0.585. The Morgan fingerprint density at radius 1 is 1.28 bits per heavy atom. The fourth-order valence-electron chi connectivity index (χ4n) is 1.44. The number of benzene rings is 1. The topological polar surface area (TPSA) is 35.5 Å². The molecule has 18 heavy (non-hydrogen) atoms. The minimum Gasteiger partial charge on any atom is -0.435 e. The van der Waals surface area contributed by atoms with Crippen molar-refractivity contribution in [3.05, 3.63) is 54.6 Å². The third-order valence-electron chi connectivity index (χ3n) is 2.54. The Morgan fingerprint density at radius 3 is 2.44 bits per heavy atom. The lowest BCUT2D eigenvalue weighted by Gasteiger charge is -2.17. The molecule has 96 valence electrons. The summed E-state index contributed by atoms with van der Waals surface area (Å²) in [7, 11) is 0. The molecule has 0 aliphatic rings. The molecule has 3 heteroatoms. The summed E-state index contributed by atoms with van der Waals surface area (Å²) in [6.07, 6.45) is -1.15. The highest BCUT2D eigenvalue weighted by Gasteiger charge is 2.16. The van der Waals surface area contributed by atoms with Crippen molar-refractivity contribution in [2.24, 2.45) is 0 Å². The van der Waals surface area contributed by atoms with Crippen LogP contribution in [-0.4, -0.2) is 18.9 Å². The minimum absolute atomic E-state index is 0.289. The third-order valence-corrected chi connectivity index (χ3v) is 2.54. The molecule has 0 N–H and O–H groups in total. The van der Waals surface area contributed by atoms with E-state index in [2.05, 4.69) is 13.2 Å². The normalized spacial score (nSPS) is 11.4. The molecule has 1 unspecified atom stereocenters. The van der Waals surface area contributed by atoms with E-state index in [9.17, 15) is 4.79 Å². The van der Waals surface area contributed by atoms with Crippen LogP contribution < -0.4 is 0 Å². The highest BCUT2D eigenvalue weighted by Crippen LogP contribution is 2.23. The van der Waals surface area contributed by atoms with Gasteiger partial charge in [-0.15, -0.1) is 0 Å². The fraction of sp³-hybridized carbons (Fsp3) is 0.267. The van der Waals surface area contributed by atoms with Crippen LogP contribution in [0.5, 0.6) is 0 Å². The molecule has 1 rings (SSSR count). The first-order valence-corrected chi connectivity index (χ1v) is 5.83. The summed E-state index contributed by atoms with van der Waals surface area (Å²) in [6.45, 7) is 11.6. The number of hydrogen-bond donors (Lipinski definition) is 0. The van der Waals surface area contributed by atoms with Gasteiger partial charge >= 0.3 is 6.16 Å².